The van der Waals surface area contributed by atoms with Crippen LogP contribution in [0.3, 0.4) is 0 Å². The molecule has 1 heterocycles. The minimum Gasteiger partial charge on any atom is -0.460 e. The number of hydrogen-bond acceptors (Lipinski definition) is 2. The fraction of sp³-hybridized carbons (Fsp3) is 0.100. The van der Waals surface area contributed by atoms with Crippen LogP contribution in [0.25, 0.3) is 10.8 Å². The number of carbonyl (C=O) groups is 1. The van der Waals surface area contributed by atoms with E-state index in [1.165, 1.54) is 6.07 Å². The fourth-order valence-electron chi connectivity index (χ4n) is 1.30. The van der Waals surface area contributed by atoms with Gasteiger partial charge in [-0.25, -0.2) is 0 Å². The molecule has 15 heavy (non-hydrogen) atoms. The molecule has 0 aliphatic carbocycles. The van der Waals surface area contributed by atoms with Gasteiger partial charge in [0.05, 0.1) is 6.26 Å². The minimum absolute atomic E-state index is 0.180. The van der Waals surface area contributed by atoms with Gasteiger partial charge >= 0.3 is 12.0 Å². The van der Waals surface area contributed by atoms with Gasteiger partial charge in [-0.05, 0) is 0 Å². The molecule has 0 N–H and O–H groups in total. The Bertz CT molecular complexity index is 511. The predicted octanol–water partition coefficient (Wildman–Crippen LogP) is 3.18. The normalized spacial score (nSPS) is 11.9. The maximum Gasteiger partial charge on any atom is 0.458 e. The zero-order valence-electron chi connectivity index (χ0n) is 7.34. The van der Waals surface area contributed by atoms with E-state index in [0.717, 1.165) is 6.26 Å². The minimum atomic E-state index is -4.90. The maximum absolute atomic E-state index is 12.1. The zero-order valence-corrected chi connectivity index (χ0v) is 7.34. The summed E-state index contributed by atoms with van der Waals surface area (Å²) in [4.78, 5) is 10.9. The first kappa shape index (κ1) is 9.76. The molecular weight excluding hydrogens is 209 g/mol. The summed E-state index contributed by atoms with van der Waals surface area (Å²) in [5, 5.41) is 0.657. The largest absolute Gasteiger partial charge is 0.460 e. The number of benzene rings is 1. The van der Waals surface area contributed by atoms with E-state index in [1.54, 1.807) is 18.2 Å². The average molecular weight is 214 g/mol. The third-order valence-corrected chi connectivity index (χ3v) is 1.97. The van der Waals surface area contributed by atoms with Crippen molar-refractivity contribution in [3.05, 3.63) is 36.3 Å². The summed E-state index contributed by atoms with van der Waals surface area (Å²) >= 11 is 0. The van der Waals surface area contributed by atoms with Crippen LogP contribution in [0.15, 0.2) is 34.9 Å². The zero-order chi connectivity index (χ0) is 11.1. The van der Waals surface area contributed by atoms with Gasteiger partial charge in [0.1, 0.15) is 0 Å². The summed E-state index contributed by atoms with van der Waals surface area (Å²) in [5.41, 5.74) is 0. The molecule has 0 saturated heterocycles. The molecule has 0 bridgehead atoms. The van der Waals surface area contributed by atoms with Crippen molar-refractivity contribution >= 4 is 16.6 Å². The molecule has 0 atom stereocenters. The standard InChI is InChI=1S/C10H5F3O2/c11-10(12,13)9(14)8-7-4-2-1-3-6(7)5-15-8/h1-5H. The lowest BCUT2D eigenvalue weighted by atomic mass is 10.1. The predicted molar refractivity (Wildman–Crippen MR) is 46.6 cm³/mol. The molecule has 0 amide bonds. The molecule has 0 fully saturated rings. The van der Waals surface area contributed by atoms with Crippen molar-refractivity contribution in [1.82, 2.24) is 0 Å². The van der Waals surface area contributed by atoms with Crippen molar-refractivity contribution < 1.29 is 22.4 Å². The molecule has 0 radical (unpaired) electrons. The van der Waals surface area contributed by atoms with Crippen molar-refractivity contribution in [3.63, 3.8) is 0 Å². The first-order chi connectivity index (χ1) is 7.00. The van der Waals surface area contributed by atoms with Crippen LogP contribution in [0.4, 0.5) is 13.2 Å². The maximum atomic E-state index is 12.1. The fourth-order valence-corrected chi connectivity index (χ4v) is 1.30. The Morgan fingerprint density at radius 2 is 1.87 bits per heavy atom. The van der Waals surface area contributed by atoms with Gasteiger partial charge in [0, 0.05) is 10.8 Å². The van der Waals surface area contributed by atoms with E-state index in [0.29, 0.717) is 5.39 Å². The van der Waals surface area contributed by atoms with Gasteiger partial charge in [-0.3, -0.25) is 4.79 Å². The lowest BCUT2D eigenvalue weighted by molar-refractivity contribution is -0.0898. The quantitative estimate of drug-likeness (QED) is 0.682. The Balaban J connectivity index is 2.58. The number of Topliss-reactive ketones (excluding diaryl/α,β-unsaturated/α-hetero) is 1. The van der Waals surface area contributed by atoms with Gasteiger partial charge in [-0.1, -0.05) is 24.3 Å². The SMILES string of the molecule is O=C(c1occ2ccccc12)C(F)(F)F. The Morgan fingerprint density at radius 3 is 2.53 bits per heavy atom. The van der Waals surface area contributed by atoms with Crippen LogP contribution >= 0.6 is 0 Å². The smallest absolute Gasteiger partial charge is 0.458 e. The average Bonchev–Trinajstić information content (AvgIpc) is 2.58. The van der Waals surface area contributed by atoms with Crippen LogP contribution in [-0.4, -0.2) is 12.0 Å². The molecule has 1 aromatic heterocycles. The lowest BCUT2D eigenvalue weighted by Crippen LogP contribution is -2.22. The monoisotopic (exact) mass is 214 g/mol. The number of hydrogen-bond donors (Lipinski definition) is 0. The molecule has 0 spiro atoms. The first-order valence-electron chi connectivity index (χ1n) is 4.08. The number of rotatable bonds is 1. The molecule has 0 unspecified atom stereocenters. The number of alkyl halides is 3. The van der Waals surface area contributed by atoms with Crippen LogP contribution in [0.5, 0.6) is 0 Å². The molecule has 5 heteroatoms. The molecule has 1 aromatic carbocycles. The van der Waals surface area contributed by atoms with Gasteiger partial charge in [-0.15, -0.1) is 0 Å². The summed E-state index contributed by atoms with van der Waals surface area (Å²) in [6, 6.07) is 6.19. The molecule has 2 nitrogen and oxygen atoms in total. The summed E-state index contributed by atoms with van der Waals surface area (Å²) in [6.07, 6.45) is -3.77. The van der Waals surface area contributed by atoms with Crippen molar-refractivity contribution in [2.45, 2.75) is 6.18 Å². The van der Waals surface area contributed by atoms with Gasteiger partial charge in [0.25, 0.3) is 0 Å². The Morgan fingerprint density at radius 1 is 1.20 bits per heavy atom. The third-order valence-electron chi connectivity index (χ3n) is 1.97. The van der Waals surface area contributed by atoms with E-state index in [-0.39, 0.29) is 5.39 Å². The van der Waals surface area contributed by atoms with Crippen LogP contribution in [0.1, 0.15) is 10.6 Å². The van der Waals surface area contributed by atoms with E-state index in [9.17, 15) is 18.0 Å². The second kappa shape index (κ2) is 3.12. The number of carbonyl (C=O) groups excluding carboxylic acids is 1. The number of furan rings is 1. The summed E-state index contributed by atoms with van der Waals surface area (Å²) < 4.78 is 41.0. The van der Waals surface area contributed by atoms with E-state index in [2.05, 4.69) is 4.42 Å². The van der Waals surface area contributed by atoms with Gasteiger partial charge in [-0.2, -0.15) is 13.2 Å². The molecule has 2 rings (SSSR count). The van der Waals surface area contributed by atoms with Crippen LogP contribution in [0.2, 0.25) is 0 Å². The van der Waals surface area contributed by atoms with Crippen molar-refractivity contribution in [1.29, 1.82) is 0 Å². The second-order valence-electron chi connectivity index (χ2n) is 2.98. The Hall–Kier alpha value is -1.78. The van der Waals surface area contributed by atoms with Crippen molar-refractivity contribution in [2.24, 2.45) is 0 Å². The Labute approximate surface area is 82.3 Å². The van der Waals surface area contributed by atoms with Gasteiger partial charge < -0.3 is 4.42 Å². The number of ketones is 1. The molecule has 0 aliphatic rings. The van der Waals surface area contributed by atoms with E-state index < -0.39 is 17.7 Å². The molecule has 0 saturated carbocycles. The Kier molecular flexibility index (Phi) is 2.03. The van der Waals surface area contributed by atoms with Gasteiger partial charge in [0.2, 0.25) is 0 Å². The molecule has 78 valence electrons. The number of halogens is 3. The highest BCUT2D eigenvalue weighted by Gasteiger charge is 2.42. The van der Waals surface area contributed by atoms with Crippen LogP contribution < -0.4 is 0 Å². The van der Waals surface area contributed by atoms with E-state index in [1.807, 2.05) is 0 Å². The van der Waals surface area contributed by atoms with Crippen molar-refractivity contribution in [2.75, 3.05) is 0 Å². The van der Waals surface area contributed by atoms with E-state index >= 15 is 0 Å². The lowest BCUT2D eigenvalue weighted by Gasteiger charge is -2.01. The highest BCUT2D eigenvalue weighted by Crippen LogP contribution is 2.27. The second-order valence-corrected chi connectivity index (χ2v) is 2.98. The topological polar surface area (TPSA) is 30.2 Å². The van der Waals surface area contributed by atoms with Crippen LogP contribution in [0, 0.1) is 0 Å². The highest BCUT2D eigenvalue weighted by molar-refractivity contribution is 6.08. The molecule has 0 aliphatic heterocycles. The number of fused-ring (bicyclic) bond motifs is 1. The summed E-state index contributed by atoms with van der Waals surface area (Å²) in [6.45, 7) is 0. The summed E-state index contributed by atoms with van der Waals surface area (Å²) in [5.74, 6) is -2.61. The van der Waals surface area contributed by atoms with Crippen LogP contribution in [-0.2, 0) is 0 Å². The van der Waals surface area contributed by atoms with Crippen molar-refractivity contribution in [3.8, 4) is 0 Å². The molecular formula is C10H5F3O2. The first-order valence-corrected chi connectivity index (χ1v) is 4.08. The van der Waals surface area contributed by atoms with E-state index in [4.69, 9.17) is 0 Å². The van der Waals surface area contributed by atoms with Gasteiger partial charge in [0.15, 0.2) is 5.76 Å². The highest BCUT2D eigenvalue weighted by atomic mass is 19.4. The third kappa shape index (κ3) is 1.60. The molecule has 2 aromatic rings. The summed E-state index contributed by atoms with van der Waals surface area (Å²) in [7, 11) is 0.